The van der Waals surface area contributed by atoms with Crippen LogP contribution < -0.4 is 5.32 Å². The lowest BCUT2D eigenvalue weighted by atomic mass is 9.99. The quantitative estimate of drug-likeness (QED) is 0.874. The summed E-state index contributed by atoms with van der Waals surface area (Å²) in [7, 11) is -1.68. The first-order valence-electron chi connectivity index (χ1n) is 7.41. The van der Waals surface area contributed by atoms with Crippen LogP contribution in [-0.2, 0) is 14.8 Å². The average Bonchev–Trinajstić information content (AvgIpc) is 2.49. The molecule has 0 amide bonds. The Bertz CT molecular complexity index is 535. The molecule has 1 aromatic rings. The SMILES string of the molecule is CCNc1ccc(S(=O)(=O)N2CCC(COC)CC2)cc1. The molecule has 1 saturated heterocycles. The topological polar surface area (TPSA) is 58.6 Å². The van der Waals surface area contributed by atoms with E-state index in [-0.39, 0.29) is 0 Å². The van der Waals surface area contributed by atoms with Gasteiger partial charge in [0.2, 0.25) is 10.0 Å². The molecule has 1 N–H and O–H groups in total. The first-order valence-corrected chi connectivity index (χ1v) is 8.85. The van der Waals surface area contributed by atoms with Gasteiger partial charge in [-0.1, -0.05) is 0 Å². The minimum Gasteiger partial charge on any atom is -0.385 e. The highest BCUT2D eigenvalue weighted by atomic mass is 32.2. The molecule has 5 nitrogen and oxygen atoms in total. The lowest BCUT2D eigenvalue weighted by Gasteiger charge is -2.30. The molecule has 0 radical (unpaired) electrons. The van der Waals surface area contributed by atoms with Crippen molar-refractivity contribution >= 4 is 15.7 Å². The van der Waals surface area contributed by atoms with Crippen molar-refractivity contribution < 1.29 is 13.2 Å². The van der Waals surface area contributed by atoms with Gasteiger partial charge in [-0.25, -0.2) is 8.42 Å². The highest BCUT2D eigenvalue weighted by molar-refractivity contribution is 7.89. The van der Waals surface area contributed by atoms with E-state index >= 15 is 0 Å². The average molecular weight is 312 g/mol. The molecule has 21 heavy (non-hydrogen) atoms. The molecule has 1 aromatic carbocycles. The smallest absolute Gasteiger partial charge is 0.243 e. The van der Waals surface area contributed by atoms with Gasteiger partial charge in [0.1, 0.15) is 0 Å². The van der Waals surface area contributed by atoms with Gasteiger partial charge in [-0.3, -0.25) is 0 Å². The van der Waals surface area contributed by atoms with E-state index in [1.807, 2.05) is 19.1 Å². The van der Waals surface area contributed by atoms with Crippen LogP contribution in [0.15, 0.2) is 29.2 Å². The van der Waals surface area contributed by atoms with Crippen molar-refractivity contribution in [3.8, 4) is 0 Å². The number of nitrogens with one attached hydrogen (secondary N) is 1. The molecule has 1 aliphatic rings. The maximum Gasteiger partial charge on any atom is 0.243 e. The van der Waals surface area contributed by atoms with E-state index < -0.39 is 10.0 Å². The second-order valence-electron chi connectivity index (χ2n) is 5.36. The third-order valence-electron chi connectivity index (χ3n) is 3.85. The molecule has 0 bridgehead atoms. The highest BCUT2D eigenvalue weighted by Gasteiger charge is 2.29. The number of benzene rings is 1. The Kier molecular flexibility index (Phi) is 5.61. The van der Waals surface area contributed by atoms with Gasteiger partial charge in [-0.05, 0) is 49.9 Å². The van der Waals surface area contributed by atoms with Gasteiger partial charge in [0.25, 0.3) is 0 Å². The molecule has 2 rings (SSSR count). The third kappa shape index (κ3) is 3.96. The molecule has 0 aliphatic carbocycles. The minimum atomic E-state index is -3.37. The first-order chi connectivity index (χ1) is 10.1. The number of nitrogens with zero attached hydrogens (tertiary/aromatic N) is 1. The summed E-state index contributed by atoms with van der Waals surface area (Å²) >= 11 is 0. The van der Waals surface area contributed by atoms with Gasteiger partial charge in [0.15, 0.2) is 0 Å². The molecule has 6 heteroatoms. The molecule has 1 aliphatic heterocycles. The predicted molar refractivity (Wildman–Crippen MR) is 84.0 cm³/mol. The lowest BCUT2D eigenvalue weighted by molar-refractivity contribution is 0.121. The summed E-state index contributed by atoms with van der Waals surface area (Å²) in [5, 5.41) is 3.16. The molecular weight excluding hydrogens is 288 g/mol. The fourth-order valence-corrected chi connectivity index (χ4v) is 4.12. The van der Waals surface area contributed by atoms with Gasteiger partial charge in [0.05, 0.1) is 4.90 Å². The number of piperidine rings is 1. The molecule has 0 spiro atoms. The number of rotatable bonds is 6. The Morgan fingerprint density at radius 2 is 1.86 bits per heavy atom. The molecule has 1 fully saturated rings. The zero-order chi connectivity index (χ0) is 15.3. The number of anilines is 1. The second kappa shape index (κ2) is 7.24. The van der Waals surface area contributed by atoms with Crippen molar-refractivity contribution in [2.75, 3.05) is 38.7 Å². The molecule has 0 aromatic heterocycles. The first kappa shape index (κ1) is 16.3. The van der Waals surface area contributed by atoms with E-state index in [0.717, 1.165) is 25.1 Å². The Hall–Kier alpha value is -1.11. The van der Waals surface area contributed by atoms with Crippen molar-refractivity contribution in [2.45, 2.75) is 24.7 Å². The predicted octanol–water partition coefficient (Wildman–Crippen LogP) is 2.17. The van der Waals surface area contributed by atoms with Crippen LogP contribution >= 0.6 is 0 Å². The van der Waals surface area contributed by atoms with Crippen molar-refractivity contribution in [3.63, 3.8) is 0 Å². The van der Waals surface area contributed by atoms with Crippen LogP contribution in [0.5, 0.6) is 0 Å². The van der Waals surface area contributed by atoms with E-state index in [9.17, 15) is 8.42 Å². The maximum absolute atomic E-state index is 12.6. The molecule has 0 unspecified atom stereocenters. The maximum atomic E-state index is 12.6. The van der Waals surface area contributed by atoms with Crippen LogP contribution in [0.3, 0.4) is 0 Å². The standard InChI is InChI=1S/C15H24N2O3S/c1-3-16-14-4-6-15(7-5-14)21(18,19)17-10-8-13(9-11-17)12-20-2/h4-7,13,16H,3,8-12H2,1-2H3. The summed E-state index contributed by atoms with van der Waals surface area (Å²) < 4.78 is 31.9. The number of sulfonamides is 1. The Morgan fingerprint density at radius 3 is 2.38 bits per heavy atom. The van der Waals surface area contributed by atoms with Crippen molar-refractivity contribution in [3.05, 3.63) is 24.3 Å². The summed E-state index contributed by atoms with van der Waals surface area (Å²) in [6.45, 7) is 4.69. The summed E-state index contributed by atoms with van der Waals surface area (Å²) in [6.07, 6.45) is 1.73. The fraction of sp³-hybridized carbons (Fsp3) is 0.600. The van der Waals surface area contributed by atoms with Crippen LogP contribution in [0.25, 0.3) is 0 Å². The summed E-state index contributed by atoms with van der Waals surface area (Å²) in [6, 6.07) is 6.98. The summed E-state index contributed by atoms with van der Waals surface area (Å²) in [5.74, 6) is 0.470. The van der Waals surface area contributed by atoms with E-state index in [0.29, 0.717) is 30.5 Å². The van der Waals surface area contributed by atoms with Crippen molar-refractivity contribution in [1.29, 1.82) is 0 Å². The van der Waals surface area contributed by atoms with Gasteiger partial charge < -0.3 is 10.1 Å². The zero-order valence-corrected chi connectivity index (χ0v) is 13.5. The van der Waals surface area contributed by atoms with E-state index in [1.54, 1.807) is 23.5 Å². The second-order valence-corrected chi connectivity index (χ2v) is 7.30. The number of hydrogen-bond acceptors (Lipinski definition) is 4. The van der Waals surface area contributed by atoms with Crippen LogP contribution in [0.1, 0.15) is 19.8 Å². The largest absolute Gasteiger partial charge is 0.385 e. The van der Waals surface area contributed by atoms with Crippen molar-refractivity contribution in [2.24, 2.45) is 5.92 Å². The van der Waals surface area contributed by atoms with Crippen molar-refractivity contribution in [1.82, 2.24) is 4.31 Å². The van der Waals surface area contributed by atoms with Gasteiger partial charge in [-0.15, -0.1) is 0 Å². The number of hydrogen-bond donors (Lipinski definition) is 1. The van der Waals surface area contributed by atoms with Crippen LogP contribution in [0.4, 0.5) is 5.69 Å². The number of methoxy groups -OCH3 is 1. The summed E-state index contributed by atoms with van der Waals surface area (Å²) in [5.41, 5.74) is 0.940. The van der Waals surface area contributed by atoms with Crippen LogP contribution in [-0.4, -0.2) is 46.1 Å². The van der Waals surface area contributed by atoms with E-state index in [4.69, 9.17) is 4.74 Å². The Balaban J connectivity index is 2.04. The van der Waals surface area contributed by atoms with Gasteiger partial charge >= 0.3 is 0 Å². The molecular formula is C15H24N2O3S. The zero-order valence-electron chi connectivity index (χ0n) is 12.7. The van der Waals surface area contributed by atoms with E-state index in [2.05, 4.69) is 5.32 Å². The lowest BCUT2D eigenvalue weighted by Crippen LogP contribution is -2.39. The minimum absolute atomic E-state index is 0.370. The molecule has 0 atom stereocenters. The molecule has 1 heterocycles. The third-order valence-corrected chi connectivity index (χ3v) is 5.76. The Labute approximate surface area is 127 Å². The Morgan fingerprint density at radius 1 is 1.24 bits per heavy atom. The van der Waals surface area contributed by atoms with E-state index in [1.165, 1.54) is 0 Å². The highest BCUT2D eigenvalue weighted by Crippen LogP contribution is 2.24. The monoisotopic (exact) mass is 312 g/mol. The van der Waals surface area contributed by atoms with Gasteiger partial charge in [0, 0.05) is 39.0 Å². The summed E-state index contributed by atoms with van der Waals surface area (Å²) in [4.78, 5) is 0.370. The van der Waals surface area contributed by atoms with Crippen LogP contribution in [0, 0.1) is 5.92 Å². The molecule has 0 saturated carbocycles. The fourth-order valence-electron chi connectivity index (χ4n) is 2.65. The van der Waals surface area contributed by atoms with Crippen LogP contribution in [0.2, 0.25) is 0 Å². The normalized spacial score (nSPS) is 17.8. The number of ether oxygens (including phenoxy) is 1. The van der Waals surface area contributed by atoms with Gasteiger partial charge in [-0.2, -0.15) is 4.31 Å². The molecule has 118 valence electrons.